The number of halogens is 2. The van der Waals surface area contributed by atoms with Crippen molar-refractivity contribution < 1.29 is 4.52 Å². The summed E-state index contributed by atoms with van der Waals surface area (Å²) in [6.45, 7) is 0. The molecule has 3 nitrogen and oxygen atoms in total. The minimum Gasteiger partial charge on any atom is -0.339 e. The van der Waals surface area contributed by atoms with E-state index in [1.807, 2.05) is 12.1 Å². The van der Waals surface area contributed by atoms with Gasteiger partial charge in [0, 0.05) is 12.3 Å². The molecule has 0 atom stereocenters. The summed E-state index contributed by atoms with van der Waals surface area (Å²) in [6, 6.07) is 3.93. The van der Waals surface area contributed by atoms with Gasteiger partial charge in [-0.2, -0.15) is 4.98 Å². The summed E-state index contributed by atoms with van der Waals surface area (Å²) in [4.78, 5) is 5.29. The fourth-order valence-electron chi connectivity index (χ4n) is 1.11. The number of hydrogen-bond donors (Lipinski definition) is 0. The Kier molecular flexibility index (Phi) is 3.77. The first-order valence-electron chi connectivity index (χ1n) is 4.44. The highest BCUT2D eigenvalue weighted by molar-refractivity contribution is 9.11. The molecule has 2 aromatic rings. The molecule has 0 amide bonds. The average Bonchev–Trinajstić information content (AvgIpc) is 2.83. The van der Waals surface area contributed by atoms with Gasteiger partial charge < -0.3 is 4.52 Å². The van der Waals surface area contributed by atoms with Gasteiger partial charge in [0.25, 0.3) is 0 Å². The second-order valence-corrected chi connectivity index (χ2v) is 5.75. The summed E-state index contributed by atoms with van der Waals surface area (Å²) in [5.74, 6) is 1.91. The highest BCUT2D eigenvalue weighted by Gasteiger charge is 2.09. The Morgan fingerprint density at radius 1 is 1.47 bits per heavy atom. The monoisotopic (exact) mass is 306 g/mol. The first kappa shape index (κ1) is 11.1. The second kappa shape index (κ2) is 5.09. The lowest BCUT2D eigenvalue weighted by atomic mass is 10.3. The van der Waals surface area contributed by atoms with Crippen LogP contribution in [0.3, 0.4) is 0 Å². The largest absolute Gasteiger partial charge is 0.339 e. The van der Waals surface area contributed by atoms with Crippen molar-refractivity contribution in [1.82, 2.24) is 10.1 Å². The molecule has 0 aliphatic rings. The molecule has 0 radical (unpaired) electrons. The lowest BCUT2D eigenvalue weighted by Crippen LogP contribution is -1.85. The fraction of sp³-hybridized carbons (Fsp3) is 0.333. The zero-order valence-corrected chi connectivity index (χ0v) is 10.9. The van der Waals surface area contributed by atoms with E-state index in [0.717, 1.165) is 21.5 Å². The minimum atomic E-state index is 0.613. The van der Waals surface area contributed by atoms with Gasteiger partial charge in [-0.05, 0) is 34.5 Å². The summed E-state index contributed by atoms with van der Waals surface area (Å²) < 4.78 is 6.16. The summed E-state index contributed by atoms with van der Waals surface area (Å²) in [7, 11) is 0. The zero-order chi connectivity index (χ0) is 10.7. The predicted octanol–water partition coefficient (Wildman–Crippen LogP) is 3.73. The Morgan fingerprint density at radius 2 is 2.33 bits per heavy atom. The van der Waals surface area contributed by atoms with Gasteiger partial charge in [0.15, 0.2) is 0 Å². The number of nitrogens with zero attached hydrogens (tertiary/aromatic N) is 2. The van der Waals surface area contributed by atoms with Crippen molar-refractivity contribution in [3.63, 3.8) is 0 Å². The highest BCUT2D eigenvalue weighted by Crippen LogP contribution is 2.29. The third-order valence-corrected chi connectivity index (χ3v) is 3.67. The zero-order valence-electron chi connectivity index (χ0n) is 7.74. The van der Waals surface area contributed by atoms with Crippen LogP contribution < -0.4 is 0 Å². The summed E-state index contributed by atoms with van der Waals surface area (Å²) in [6.07, 6.45) is 1.60. The van der Waals surface area contributed by atoms with Crippen LogP contribution >= 0.6 is 38.9 Å². The molecule has 0 N–H and O–H groups in total. The van der Waals surface area contributed by atoms with Crippen LogP contribution in [0.15, 0.2) is 20.4 Å². The van der Waals surface area contributed by atoms with Crippen molar-refractivity contribution in [2.24, 2.45) is 0 Å². The van der Waals surface area contributed by atoms with E-state index in [1.165, 1.54) is 0 Å². The number of aryl methyl sites for hydroxylation is 1. The van der Waals surface area contributed by atoms with Crippen LogP contribution in [0, 0.1) is 0 Å². The molecular weight excluding hydrogens is 300 g/mol. The molecule has 0 aliphatic heterocycles. The fourth-order valence-corrected chi connectivity index (χ4v) is 2.55. The van der Waals surface area contributed by atoms with Crippen LogP contribution in [0.1, 0.15) is 12.3 Å². The molecular formula is C9H8BrClN2OS. The van der Waals surface area contributed by atoms with Crippen molar-refractivity contribution in [3.8, 4) is 10.7 Å². The van der Waals surface area contributed by atoms with E-state index in [0.29, 0.717) is 17.6 Å². The van der Waals surface area contributed by atoms with Gasteiger partial charge in [-0.25, -0.2) is 0 Å². The lowest BCUT2D eigenvalue weighted by Gasteiger charge is -1.86. The molecule has 0 spiro atoms. The minimum absolute atomic E-state index is 0.613. The molecule has 15 heavy (non-hydrogen) atoms. The molecule has 2 aromatic heterocycles. The summed E-state index contributed by atoms with van der Waals surface area (Å²) in [5.41, 5.74) is 0. The molecule has 0 saturated heterocycles. The van der Waals surface area contributed by atoms with E-state index in [2.05, 4.69) is 26.1 Å². The van der Waals surface area contributed by atoms with E-state index in [1.54, 1.807) is 11.3 Å². The number of rotatable bonds is 4. The number of hydrogen-bond acceptors (Lipinski definition) is 4. The molecule has 2 rings (SSSR count). The van der Waals surface area contributed by atoms with Crippen molar-refractivity contribution in [1.29, 1.82) is 0 Å². The molecule has 0 aromatic carbocycles. The SMILES string of the molecule is ClCCCc1nc(-c2ccc(Br)s2)no1. The van der Waals surface area contributed by atoms with E-state index in [9.17, 15) is 0 Å². The van der Waals surface area contributed by atoms with E-state index in [4.69, 9.17) is 16.1 Å². The predicted molar refractivity (Wildman–Crippen MR) is 64.4 cm³/mol. The van der Waals surface area contributed by atoms with Crippen molar-refractivity contribution in [2.45, 2.75) is 12.8 Å². The highest BCUT2D eigenvalue weighted by atomic mass is 79.9. The molecule has 0 bridgehead atoms. The maximum absolute atomic E-state index is 5.58. The van der Waals surface area contributed by atoms with Gasteiger partial charge in [0.1, 0.15) is 0 Å². The molecule has 2 heterocycles. The molecule has 0 aliphatic carbocycles. The van der Waals surface area contributed by atoms with Gasteiger partial charge in [-0.1, -0.05) is 5.16 Å². The van der Waals surface area contributed by atoms with Crippen LogP contribution in [-0.4, -0.2) is 16.0 Å². The first-order valence-corrected chi connectivity index (χ1v) is 6.58. The second-order valence-electron chi connectivity index (χ2n) is 2.91. The van der Waals surface area contributed by atoms with Crippen LogP contribution in [0.2, 0.25) is 0 Å². The van der Waals surface area contributed by atoms with Gasteiger partial charge in [-0.15, -0.1) is 22.9 Å². The van der Waals surface area contributed by atoms with Gasteiger partial charge in [0.2, 0.25) is 11.7 Å². The Labute approximate surface area is 105 Å². The Morgan fingerprint density at radius 3 is 3.00 bits per heavy atom. The smallest absolute Gasteiger partial charge is 0.227 e. The van der Waals surface area contributed by atoms with Crippen LogP contribution in [0.5, 0.6) is 0 Å². The van der Waals surface area contributed by atoms with Crippen LogP contribution in [0.4, 0.5) is 0 Å². The Bertz CT molecular complexity index is 443. The molecule has 0 fully saturated rings. The summed E-state index contributed by atoms with van der Waals surface area (Å²) in [5, 5.41) is 3.91. The molecule has 0 unspecified atom stereocenters. The summed E-state index contributed by atoms with van der Waals surface area (Å²) >= 11 is 10.6. The van der Waals surface area contributed by atoms with Gasteiger partial charge in [-0.3, -0.25) is 0 Å². The first-order chi connectivity index (χ1) is 7.29. The van der Waals surface area contributed by atoms with Crippen molar-refractivity contribution >= 4 is 38.9 Å². The molecule has 0 saturated carbocycles. The third-order valence-electron chi connectivity index (χ3n) is 1.79. The lowest BCUT2D eigenvalue weighted by molar-refractivity contribution is 0.378. The average molecular weight is 308 g/mol. The van der Waals surface area contributed by atoms with Crippen LogP contribution in [-0.2, 0) is 6.42 Å². The standard InChI is InChI=1S/C9H8BrClN2OS/c10-7-4-3-6(15-7)9-12-8(14-13-9)2-1-5-11/h3-4H,1-2,5H2. The van der Waals surface area contributed by atoms with Crippen molar-refractivity contribution in [2.75, 3.05) is 5.88 Å². The number of thiophene rings is 1. The maximum atomic E-state index is 5.58. The Balaban J connectivity index is 2.13. The van der Waals surface area contributed by atoms with E-state index >= 15 is 0 Å². The third kappa shape index (κ3) is 2.80. The molecule has 80 valence electrons. The molecule has 6 heteroatoms. The maximum Gasteiger partial charge on any atom is 0.227 e. The normalized spacial score (nSPS) is 10.8. The van der Waals surface area contributed by atoms with E-state index in [-0.39, 0.29) is 0 Å². The van der Waals surface area contributed by atoms with E-state index < -0.39 is 0 Å². The quantitative estimate of drug-likeness (QED) is 0.808. The number of alkyl halides is 1. The van der Waals surface area contributed by atoms with Gasteiger partial charge in [0.05, 0.1) is 8.66 Å². The van der Waals surface area contributed by atoms with Gasteiger partial charge >= 0.3 is 0 Å². The number of aromatic nitrogens is 2. The van der Waals surface area contributed by atoms with Crippen molar-refractivity contribution in [3.05, 3.63) is 21.8 Å². The van der Waals surface area contributed by atoms with Crippen LogP contribution in [0.25, 0.3) is 10.7 Å². The Hall–Kier alpha value is -0.390. The topological polar surface area (TPSA) is 38.9 Å².